The monoisotopic (exact) mass is 359 g/mol. The molecule has 1 unspecified atom stereocenters. The topological polar surface area (TPSA) is 132 Å². The lowest BCUT2D eigenvalue weighted by Crippen LogP contribution is -2.50. The predicted molar refractivity (Wildman–Crippen MR) is 83.6 cm³/mol. The first-order valence-electron chi connectivity index (χ1n) is 7.33. The summed E-state index contributed by atoms with van der Waals surface area (Å²) in [4.78, 5) is 24.9. The van der Waals surface area contributed by atoms with Gasteiger partial charge in [0.25, 0.3) is 15.9 Å². The number of rotatable bonds is 4. The van der Waals surface area contributed by atoms with E-state index < -0.39 is 33.5 Å². The summed E-state index contributed by atoms with van der Waals surface area (Å²) >= 11 is 0. The zero-order chi connectivity index (χ0) is 18.1. The first-order valence-corrected chi connectivity index (χ1v) is 8.82. The van der Waals surface area contributed by atoms with Crippen LogP contribution in [0.3, 0.4) is 0 Å². The van der Waals surface area contributed by atoms with Gasteiger partial charge in [0.15, 0.2) is 11.9 Å². The fourth-order valence-corrected chi connectivity index (χ4v) is 3.55. The number of hydrogen-bond donors (Lipinski definition) is 2. The summed E-state index contributed by atoms with van der Waals surface area (Å²) in [6, 6.07) is 2.50. The van der Waals surface area contributed by atoms with Gasteiger partial charge >= 0.3 is 0 Å². The van der Waals surface area contributed by atoms with Crippen molar-refractivity contribution in [3.8, 4) is 0 Å². The summed E-state index contributed by atoms with van der Waals surface area (Å²) in [6.45, 7) is 5.49. The molecule has 1 fully saturated rings. The molecule has 10 heteroatoms. The van der Waals surface area contributed by atoms with E-state index in [1.807, 2.05) is 0 Å². The Labute approximate surface area is 140 Å². The number of carbonyl (C=O) groups excluding carboxylic acids is 2. The maximum atomic E-state index is 12.4. The number of morpholine rings is 1. The van der Waals surface area contributed by atoms with Crippen molar-refractivity contribution in [2.24, 2.45) is 5.73 Å². The Bertz CT molecular complexity index is 734. The molecular weight excluding hydrogens is 338 g/mol. The molecule has 0 saturated carbocycles. The highest BCUT2D eigenvalue weighted by Crippen LogP contribution is 2.18. The number of primary amides is 1. The van der Waals surface area contributed by atoms with Crippen molar-refractivity contribution in [2.45, 2.75) is 37.5 Å². The van der Waals surface area contributed by atoms with E-state index in [-0.39, 0.29) is 30.5 Å². The molecule has 0 spiro atoms. The SMILES string of the molecule is CC(C)(C)NS(=O)(=O)c1ccc(C(=O)N2CCOC(C(N)=O)C2)o1. The third-order valence-corrected chi connectivity index (χ3v) is 4.80. The maximum Gasteiger partial charge on any atom is 0.289 e. The van der Waals surface area contributed by atoms with Crippen LogP contribution in [0.2, 0.25) is 0 Å². The third kappa shape index (κ3) is 4.34. The molecule has 0 bridgehead atoms. The van der Waals surface area contributed by atoms with E-state index in [1.165, 1.54) is 17.0 Å². The van der Waals surface area contributed by atoms with Crippen LogP contribution in [0.15, 0.2) is 21.6 Å². The summed E-state index contributed by atoms with van der Waals surface area (Å²) in [5.41, 5.74) is 4.49. The zero-order valence-electron chi connectivity index (χ0n) is 13.7. The number of nitrogens with two attached hydrogens (primary N) is 1. The van der Waals surface area contributed by atoms with Gasteiger partial charge in [-0.15, -0.1) is 0 Å². The molecule has 2 amide bonds. The van der Waals surface area contributed by atoms with Gasteiger partial charge in [0.05, 0.1) is 13.2 Å². The highest BCUT2D eigenvalue weighted by molar-refractivity contribution is 7.89. The van der Waals surface area contributed by atoms with Crippen LogP contribution in [0.4, 0.5) is 0 Å². The van der Waals surface area contributed by atoms with Gasteiger partial charge in [0, 0.05) is 12.1 Å². The first-order chi connectivity index (χ1) is 11.0. The molecule has 0 aliphatic carbocycles. The van der Waals surface area contributed by atoms with Crippen molar-refractivity contribution in [2.75, 3.05) is 19.7 Å². The summed E-state index contributed by atoms with van der Waals surface area (Å²) in [7, 11) is -3.87. The van der Waals surface area contributed by atoms with Crippen LogP contribution in [0.25, 0.3) is 0 Å². The van der Waals surface area contributed by atoms with Gasteiger partial charge in [-0.25, -0.2) is 13.1 Å². The van der Waals surface area contributed by atoms with Crippen LogP contribution < -0.4 is 10.5 Å². The van der Waals surface area contributed by atoms with Gasteiger partial charge in [-0.3, -0.25) is 9.59 Å². The number of nitrogens with zero attached hydrogens (tertiary/aromatic N) is 1. The van der Waals surface area contributed by atoms with E-state index in [9.17, 15) is 18.0 Å². The van der Waals surface area contributed by atoms with Crippen LogP contribution >= 0.6 is 0 Å². The largest absolute Gasteiger partial charge is 0.438 e. The highest BCUT2D eigenvalue weighted by atomic mass is 32.2. The molecule has 1 aromatic rings. The molecule has 0 radical (unpaired) electrons. The van der Waals surface area contributed by atoms with E-state index in [0.29, 0.717) is 0 Å². The molecule has 1 saturated heterocycles. The zero-order valence-corrected chi connectivity index (χ0v) is 14.6. The lowest BCUT2D eigenvalue weighted by molar-refractivity contribution is -0.133. The second kappa shape index (κ2) is 6.54. The number of hydrogen-bond acceptors (Lipinski definition) is 6. The Morgan fingerprint density at radius 3 is 2.58 bits per heavy atom. The van der Waals surface area contributed by atoms with Crippen molar-refractivity contribution in [3.63, 3.8) is 0 Å². The molecule has 9 nitrogen and oxygen atoms in total. The van der Waals surface area contributed by atoms with Gasteiger partial charge in [-0.1, -0.05) is 0 Å². The summed E-state index contributed by atoms with van der Waals surface area (Å²) in [5, 5.41) is -0.347. The molecule has 2 rings (SSSR count). The second-order valence-electron chi connectivity index (χ2n) is 6.49. The number of ether oxygens (including phenoxy) is 1. The highest BCUT2D eigenvalue weighted by Gasteiger charge is 2.31. The van der Waals surface area contributed by atoms with Crippen molar-refractivity contribution >= 4 is 21.8 Å². The number of furan rings is 1. The molecule has 134 valence electrons. The van der Waals surface area contributed by atoms with Gasteiger partial charge in [0.2, 0.25) is 11.0 Å². The molecule has 1 aromatic heterocycles. The molecule has 1 atom stereocenters. The van der Waals surface area contributed by atoms with E-state index in [0.717, 1.165) is 0 Å². The Morgan fingerprint density at radius 2 is 2.00 bits per heavy atom. The van der Waals surface area contributed by atoms with Crippen LogP contribution in [-0.4, -0.2) is 56.5 Å². The van der Waals surface area contributed by atoms with Gasteiger partial charge in [-0.2, -0.15) is 0 Å². The summed E-state index contributed by atoms with van der Waals surface area (Å²) < 4.78 is 37.2. The van der Waals surface area contributed by atoms with Crippen LogP contribution in [0.1, 0.15) is 31.3 Å². The second-order valence-corrected chi connectivity index (χ2v) is 8.10. The number of nitrogens with one attached hydrogen (secondary N) is 1. The predicted octanol–water partition coefficient (Wildman–Crippen LogP) is -0.317. The molecule has 3 N–H and O–H groups in total. The molecular formula is C14H21N3O6S. The smallest absolute Gasteiger partial charge is 0.289 e. The molecule has 24 heavy (non-hydrogen) atoms. The Kier molecular flexibility index (Phi) is 5.02. The minimum absolute atomic E-state index is 0.00279. The fraction of sp³-hybridized carbons (Fsp3) is 0.571. The Hall–Kier alpha value is -1.91. The van der Waals surface area contributed by atoms with Gasteiger partial charge in [0.1, 0.15) is 0 Å². The summed E-state index contributed by atoms with van der Waals surface area (Å²) in [6.07, 6.45) is -0.886. The van der Waals surface area contributed by atoms with E-state index in [1.54, 1.807) is 20.8 Å². The van der Waals surface area contributed by atoms with Crippen molar-refractivity contribution < 1.29 is 27.2 Å². The molecule has 0 aromatic carbocycles. The lowest BCUT2D eigenvalue weighted by Gasteiger charge is -2.30. The first kappa shape index (κ1) is 18.4. The third-order valence-electron chi connectivity index (χ3n) is 3.17. The minimum Gasteiger partial charge on any atom is -0.438 e. The van der Waals surface area contributed by atoms with Gasteiger partial charge < -0.3 is 19.8 Å². The molecule has 2 heterocycles. The fourth-order valence-electron chi connectivity index (χ4n) is 2.19. The van der Waals surface area contributed by atoms with E-state index in [4.69, 9.17) is 14.9 Å². The van der Waals surface area contributed by atoms with Crippen molar-refractivity contribution in [3.05, 3.63) is 17.9 Å². The molecule has 1 aliphatic rings. The normalized spacial score (nSPS) is 19.3. The average molecular weight is 359 g/mol. The average Bonchev–Trinajstić information content (AvgIpc) is 2.94. The quantitative estimate of drug-likeness (QED) is 0.757. The Morgan fingerprint density at radius 1 is 1.33 bits per heavy atom. The van der Waals surface area contributed by atoms with Crippen LogP contribution in [-0.2, 0) is 19.6 Å². The Balaban J connectivity index is 2.15. The van der Waals surface area contributed by atoms with E-state index >= 15 is 0 Å². The van der Waals surface area contributed by atoms with E-state index in [2.05, 4.69) is 4.72 Å². The van der Waals surface area contributed by atoms with Gasteiger partial charge in [-0.05, 0) is 32.9 Å². The summed E-state index contributed by atoms with van der Waals surface area (Å²) in [5.74, 6) is -1.32. The van der Waals surface area contributed by atoms with Crippen molar-refractivity contribution in [1.29, 1.82) is 0 Å². The lowest BCUT2D eigenvalue weighted by atomic mass is 10.1. The number of sulfonamides is 1. The standard InChI is InChI=1S/C14H21N3O6S/c1-14(2,3)16-24(20,21)11-5-4-9(23-11)13(19)17-6-7-22-10(8-17)12(15)18/h4-5,10,16H,6-8H2,1-3H3,(H2,15,18). The van der Waals surface area contributed by atoms with Crippen LogP contribution in [0, 0.1) is 0 Å². The maximum absolute atomic E-state index is 12.4. The van der Waals surface area contributed by atoms with Crippen molar-refractivity contribution in [1.82, 2.24) is 9.62 Å². The minimum atomic E-state index is -3.87. The molecule has 1 aliphatic heterocycles. The number of carbonyl (C=O) groups is 2. The van der Waals surface area contributed by atoms with Crippen LogP contribution in [0.5, 0.6) is 0 Å². The number of amides is 2.